The quantitative estimate of drug-likeness (QED) is 0.495. The summed E-state index contributed by atoms with van der Waals surface area (Å²) in [7, 11) is 1.43. The monoisotopic (exact) mass is 157 g/mol. The molecule has 0 saturated heterocycles. The van der Waals surface area contributed by atoms with Crippen molar-refractivity contribution in [2.75, 3.05) is 7.11 Å². The maximum absolute atomic E-state index is 10.8. The zero-order chi connectivity index (χ0) is 8.69. The number of hydrogen-bond acceptors (Lipinski definition) is 2. The Kier molecular flexibility index (Phi) is 5.47. The van der Waals surface area contributed by atoms with E-state index in [0.29, 0.717) is 6.42 Å². The lowest BCUT2D eigenvalue weighted by atomic mass is 10.1. The number of allylic oxidation sites excluding steroid dienone is 2. The molecule has 0 bridgehead atoms. The Hall–Kier alpha value is -0.830. The van der Waals surface area contributed by atoms with E-state index >= 15 is 0 Å². The smallest absolute Gasteiger partial charge is 0.243 e. The van der Waals surface area contributed by atoms with Gasteiger partial charge < -0.3 is 0 Å². The van der Waals surface area contributed by atoms with Crippen LogP contribution in [0.3, 0.4) is 0 Å². The summed E-state index contributed by atoms with van der Waals surface area (Å²) in [6.07, 6.45) is 3.29. The van der Waals surface area contributed by atoms with Gasteiger partial charge in [-0.3, -0.25) is 9.63 Å². The summed E-state index contributed by atoms with van der Waals surface area (Å²) in [5, 5.41) is 0. The van der Waals surface area contributed by atoms with Crippen molar-refractivity contribution in [2.24, 2.45) is 0 Å². The Morgan fingerprint density at radius 3 is 2.64 bits per heavy atom. The average Bonchev–Trinajstić information content (AvgIpc) is 2.01. The molecule has 0 fully saturated rings. The Morgan fingerprint density at radius 1 is 1.55 bits per heavy atom. The van der Waals surface area contributed by atoms with Gasteiger partial charge in [-0.05, 0) is 20.3 Å². The van der Waals surface area contributed by atoms with Crippen LogP contribution in [0.25, 0.3) is 0 Å². The zero-order valence-electron chi connectivity index (χ0n) is 7.31. The lowest BCUT2D eigenvalue weighted by molar-refractivity contribution is -0.131. The molecule has 64 valence electrons. The first kappa shape index (κ1) is 10.2. The van der Waals surface area contributed by atoms with Crippen LogP contribution in [0.5, 0.6) is 0 Å². The van der Waals surface area contributed by atoms with E-state index in [1.807, 2.05) is 19.9 Å². The van der Waals surface area contributed by atoms with E-state index < -0.39 is 0 Å². The van der Waals surface area contributed by atoms with Crippen LogP contribution in [-0.2, 0) is 9.63 Å². The van der Waals surface area contributed by atoms with Crippen LogP contribution in [-0.4, -0.2) is 13.0 Å². The fraction of sp³-hybridized carbons (Fsp3) is 0.625. The highest BCUT2D eigenvalue weighted by atomic mass is 16.6. The van der Waals surface area contributed by atoms with Gasteiger partial charge in [0.15, 0.2) is 0 Å². The third kappa shape index (κ3) is 5.61. The summed E-state index contributed by atoms with van der Waals surface area (Å²) in [5.74, 6) is -0.0753. The number of rotatable bonds is 4. The molecule has 0 aliphatic carbocycles. The van der Waals surface area contributed by atoms with Gasteiger partial charge in [-0.1, -0.05) is 11.6 Å². The summed E-state index contributed by atoms with van der Waals surface area (Å²) in [4.78, 5) is 15.3. The number of hydrogen-bond donors (Lipinski definition) is 1. The minimum atomic E-state index is -0.0753. The molecule has 3 nitrogen and oxygen atoms in total. The maximum Gasteiger partial charge on any atom is 0.243 e. The third-order valence-electron chi connectivity index (χ3n) is 1.46. The van der Waals surface area contributed by atoms with Crippen molar-refractivity contribution in [3.63, 3.8) is 0 Å². The first-order valence-corrected chi connectivity index (χ1v) is 3.64. The topological polar surface area (TPSA) is 38.3 Å². The predicted molar refractivity (Wildman–Crippen MR) is 43.8 cm³/mol. The molecule has 3 heteroatoms. The van der Waals surface area contributed by atoms with Gasteiger partial charge in [0, 0.05) is 6.42 Å². The highest BCUT2D eigenvalue weighted by molar-refractivity contribution is 5.74. The van der Waals surface area contributed by atoms with Crippen molar-refractivity contribution in [3.8, 4) is 0 Å². The van der Waals surface area contributed by atoms with Gasteiger partial charge in [0.05, 0.1) is 7.11 Å². The molecule has 0 aliphatic heterocycles. The summed E-state index contributed by atoms with van der Waals surface area (Å²) >= 11 is 0. The molecule has 0 aromatic rings. The minimum Gasteiger partial charge on any atom is -0.277 e. The van der Waals surface area contributed by atoms with Gasteiger partial charge in [0.25, 0.3) is 0 Å². The van der Waals surface area contributed by atoms with Crippen LogP contribution >= 0.6 is 0 Å². The molecule has 0 saturated carbocycles. The van der Waals surface area contributed by atoms with Crippen LogP contribution in [0.15, 0.2) is 11.6 Å². The van der Waals surface area contributed by atoms with Crippen molar-refractivity contribution >= 4 is 5.91 Å². The molecule has 0 radical (unpaired) electrons. The first-order valence-electron chi connectivity index (χ1n) is 3.64. The van der Waals surface area contributed by atoms with E-state index in [0.717, 1.165) is 6.42 Å². The lowest BCUT2D eigenvalue weighted by Crippen LogP contribution is -2.21. The average molecular weight is 157 g/mol. The molecule has 0 unspecified atom stereocenters. The molecule has 11 heavy (non-hydrogen) atoms. The molecule has 0 aromatic heterocycles. The predicted octanol–water partition coefficient (Wildman–Crippen LogP) is 1.41. The van der Waals surface area contributed by atoms with E-state index in [1.54, 1.807) is 0 Å². The fourth-order valence-corrected chi connectivity index (χ4v) is 0.620. The van der Waals surface area contributed by atoms with E-state index in [2.05, 4.69) is 10.3 Å². The Labute approximate surface area is 67.4 Å². The number of hydroxylamine groups is 1. The van der Waals surface area contributed by atoms with Crippen LogP contribution in [0.4, 0.5) is 0 Å². The molecule has 0 aliphatic rings. The Balaban J connectivity index is 3.46. The van der Waals surface area contributed by atoms with Crippen LogP contribution in [0, 0.1) is 0 Å². The van der Waals surface area contributed by atoms with Crippen molar-refractivity contribution in [3.05, 3.63) is 11.6 Å². The molecule has 0 spiro atoms. The van der Waals surface area contributed by atoms with E-state index in [4.69, 9.17) is 0 Å². The Morgan fingerprint density at radius 2 is 2.18 bits per heavy atom. The molecular formula is C8H15NO2. The fourth-order valence-electron chi connectivity index (χ4n) is 0.620. The van der Waals surface area contributed by atoms with Crippen molar-refractivity contribution in [1.82, 2.24) is 5.48 Å². The number of carbonyl (C=O) groups excluding carboxylic acids is 1. The number of amides is 1. The summed E-state index contributed by atoms with van der Waals surface area (Å²) in [5.41, 5.74) is 3.48. The molecular weight excluding hydrogens is 142 g/mol. The molecule has 0 aromatic carbocycles. The van der Waals surface area contributed by atoms with Crippen molar-refractivity contribution < 1.29 is 9.63 Å². The highest BCUT2D eigenvalue weighted by Crippen LogP contribution is 2.02. The normalized spacial score (nSPS) is 11.4. The zero-order valence-corrected chi connectivity index (χ0v) is 7.31. The number of nitrogens with one attached hydrogen (secondary N) is 1. The standard InChI is InChI=1S/C8H15NO2/c1-4-7(2)5-6-8(10)9-11-3/h4H,5-6H2,1-3H3,(H,9,10)/b7-4+. The van der Waals surface area contributed by atoms with Gasteiger partial charge in [0.1, 0.15) is 0 Å². The lowest BCUT2D eigenvalue weighted by Gasteiger charge is -2.00. The Bertz CT molecular complexity index is 152. The molecule has 0 rings (SSSR count). The molecule has 0 atom stereocenters. The van der Waals surface area contributed by atoms with Gasteiger partial charge in [-0.25, -0.2) is 5.48 Å². The second kappa shape index (κ2) is 5.92. The third-order valence-corrected chi connectivity index (χ3v) is 1.46. The maximum atomic E-state index is 10.8. The van der Waals surface area contributed by atoms with E-state index in [9.17, 15) is 4.79 Å². The van der Waals surface area contributed by atoms with Gasteiger partial charge in [-0.15, -0.1) is 0 Å². The molecule has 1 amide bonds. The number of carbonyl (C=O) groups is 1. The summed E-state index contributed by atoms with van der Waals surface area (Å²) in [6, 6.07) is 0. The SMILES string of the molecule is C/C=C(\C)CCC(=O)NOC. The van der Waals surface area contributed by atoms with E-state index in [1.165, 1.54) is 12.7 Å². The highest BCUT2D eigenvalue weighted by Gasteiger charge is 1.98. The van der Waals surface area contributed by atoms with Crippen molar-refractivity contribution in [1.29, 1.82) is 0 Å². The van der Waals surface area contributed by atoms with Crippen LogP contribution in [0.1, 0.15) is 26.7 Å². The summed E-state index contributed by atoms with van der Waals surface area (Å²) < 4.78 is 0. The second-order valence-electron chi connectivity index (χ2n) is 2.36. The largest absolute Gasteiger partial charge is 0.277 e. The first-order chi connectivity index (χ1) is 5.20. The second-order valence-corrected chi connectivity index (χ2v) is 2.36. The van der Waals surface area contributed by atoms with Crippen molar-refractivity contribution in [2.45, 2.75) is 26.7 Å². The minimum absolute atomic E-state index is 0.0753. The van der Waals surface area contributed by atoms with Gasteiger partial charge >= 0.3 is 0 Å². The van der Waals surface area contributed by atoms with E-state index in [-0.39, 0.29) is 5.91 Å². The summed E-state index contributed by atoms with van der Waals surface area (Å²) in [6.45, 7) is 3.96. The van der Waals surface area contributed by atoms with Gasteiger partial charge in [0.2, 0.25) is 5.91 Å². The molecule has 1 N–H and O–H groups in total. The molecule has 0 heterocycles. The van der Waals surface area contributed by atoms with Crippen LogP contribution < -0.4 is 5.48 Å². The van der Waals surface area contributed by atoms with Crippen LogP contribution in [0.2, 0.25) is 0 Å². The van der Waals surface area contributed by atoms with Gasteiger partial charge in [-0.2, -0.15) is 0 Å².